The van der Waals surface area contributed by atoms with Crippen molar-refractivity contribution in [2.45, 2.75) is 31.9 Å². The number of nitrogens with zero attached hydrogens (tertiary/aromatic N) is 1. The quantitative estimate of drug-likeness (QED) is 0.516. The number of aliphatic carboxylic acids is 2. The molecule has 10 heteroatoms. The Kier molecular flexibility index (Phi) is 6.91. The van der Waals surface area contributed by atoms with E-state index in [0.29, 0.717) is 35.1 Å². The van der Waals surface area contributed by atoms with Crippen molar-refractivity contribution in [1.82, 2.24) is 10.2 Å². The molecule has 4 heterocycles. The summed E-state index contributed by atoms with van der Waals surface area (Å²) in [7, 11) is 0. The van der Waals surface area contributed by atoms with Crippen molar-refractivity contribution in [1.29, 1.82) is 0 Å². The summed E-state index contributed by atoms with van der Waals surface area (Å²) in [5.41, 5.74) is 1.06. The summed E-state index contributed by atoms with van der Waals surface area (Å²) in [6.45, 7) is 4.90. The molecule has 3 saturated heterocycles. The number of rotatable bonds is 4. The van der Waals surface area contributed by atoms with Gasteiger partial charge in [0.1, 0.15) is 0 Å². The summed E-state index contributed by atoms with van der Waals surface area (Å²) in [4.78, 5) is 45.9. The number of amides is 2. The fraction of sp³-hybridized carbons (Fsp3) is 0.429. The van der Waals surface area contributed by atoms with Gasteiger partial charge in [0.05, 0.1) is 11.3 Å². The van der Waals surface area contributed by atoms with Crippen LogP contribution in [0, 0.1) is 5.92 Å². The maximum atomic E-state index is 12.7. The fourth-order valence-electron chi connectivity index (χ4n) is 3.92. The summed E-state index contributed by atoms with van der Waals surface area (Å²) >= 11 is 0. The van der Waals surface area contributed by atoms with Crippen LogP contribution in [0.4, 0.5) is 5.69 Å². The number of anilines is 1. The maximum Gasteiger partial charge on any atom is 0.328 e. The van der Waals surface area contributed by atoms with E-state index in [4.69, 9.17) is 14.9 Å². The number of para-hydroxylation sites is 1. The van der Waals surface area contributed by atoms with Crippen molar-refractivity contribution in [2.24, 2.45) is 5.92 Å². The van der Waals surface area contributed by atoms with E-state index in [-0.39, 0.29) is 17.9 Å². The molecule has 1 aromatic carbocycles. The van der Waals surface area contributed by atoms with E-state index in [2.05, 4.69) is 15.5 Å². The van der Waals surface area contributed by atoms with Crippen LogP contribution >= 0.6 is 0 Å². The molecular weight excluding hydrogens is 406 g/mol. The summed E-state index contributed by atoms with van der Waals surface area (Å²) in [5.74, 6) is -1.78. The smallest absolute Gasteiger partial charge is 0.328 e. The lowest BCUT2D eigenvalue weighted by molar-refractivity contribution is -0.134. The first-order valence-electron chi connectivity index (χ1n) is 10.0. The minimum Gasteiger partial charge on any atom is -0.478 e. The van der Waals surface area contributed by atoms with Crippen LogP contribution in [0.1, 0.15) is 30.1 Å². The van der Waals surface area contributed by atoms with Crippen LogP contribution in [0.2, 0.25) is 0 Å². The van der Waals surface area contributed by atoms with E-state index in [1.54, 1.807) is 25.1 Å². The SMILES string of the molecule is CC1Oc2c(cccc2C(=O)NC2CN3CCC2CC3)NC1=O.O=C(O)C=CC(=O)O. The van der Waals surface area contributed by atoms with Gasteiger partial charge in [0.15, 0.2) is 11.9 Å². The highest BCUT2D eigenvalue weighted by Crippen LogP contribution is 2.34. The predicted molar refractivity (Wildman–Crippen MR) is 110 cm³/mol. The van der Waals surface area contributed by atoms with Crippen LogP contribution in [-0.2, 0) is 14.4 Å². The molecule has 4 N–H and O–H groups in total. The molecule has 0 spiro atoms. The molecule has 2 bridgehead atoms. The largest absolute Gasteiger partial charge is 0.478 e. The molecular formula is C21H25N3O7. The second-order valence-electron chi connectivity index (χ2n) is 7.66. The second kappa shape index (κ2) is 9.61. The number of fused-ring (bicyclic) bond motifs is 4. The highest BCUT2D eigenvalue weighted by atomic mass is 16.5. The van der Waals surface area contributed by atoms with Crippen LogP contribution in [0.25, 0.3) is 0 Å². The lowest BCUT2D eigenvalue weighted by Crippen LogP contribution is -2.57. The summed E-state index contributed by atoms with van der Waals surface area (Å²) in [6.07, 6.45) is 2.83. The second-order valence-corrected chi connectivity index (χ2v) is 7.66. The van der Waals surface area contributed by atoms with Gasteiger partial charge in [-0.3, -0.25) is 9.59 Å². The number of ether oxygens (including phenoxy) is 1. The number of hydrogen-bond donors (Lipinski definition) is 4. The third-order valence-corrected chi connectivity index (χ3v) is 5.52. The first-order chi connectivity index (χ1) is 14.7. The average Bonchev–Trinajstić information content (AvgIpc) is 2.74. The molecule has 0 aromatic heterocycles. The number of carbonyl (C=O) groups is 4. The Morgan fingerprint density at radius 3 is 2.35 bits per heavy atom. The van der Waals surface area contributed by atoms with Gasteiger partial charge in [-0.25, -0.2) is 9.59 Å². The molecule has 5 rings (SSSR count). The Bertz CT molecular complexity index is 890. The van der Waals surface area contributed by atoms with Gasteiger partial charge in [0.2, 0.25) is 0 Å². The predicted octanol–water partition coefficient (Wildman–Crippen LogP) is 0.942. The number of carbonyl (C=O) groups excluding carboxylic acids is 2. The number of carboxylic acids is 2. The fourth-order valence-corrected chi connectivity index (χ4v) is 3.92. The first kappa shape index (κ1) is 22.3. The van der Waals surface area contributed by atoms with E-state index in [0.717, 1.165) is 32.5 Å². The van der Waals surface area contributed by atoms with E-state index < -0.39 is 18.0 Å². The highest BCUT2D eigenvalue weighted by molar-refractivity contribution is 6.04. The zero-order chi connectivity index (χ0) is 22.5. The number of hydrogen-bond acceptors (Lipinski definition) is 6. The molecule has 2 atom stereocenters. The molecule has 4 aliphatic heterocycles. The number of benzene rings is 1. The highest BCUT2D eigenvalue weighted by Gasteiger charge is 2.36. The summed E-state index contributed by atoms with van der Waals surface area (Å²) < 4.78 is 5.66. The van der Waals surface area contributed by atoms with Gasteiger partial charge in [0, 0.05) is 24.7 Å². The third-order valence-electron chi connectivity index (χ3n) is 5.52. The Morgan fingerprint density at radius 2 is 1.81 bits per heavy atom. The summed E-state index contributed by atoms with van der Waals surface area (Å²) in [5, 5.41) is 21.6. The van der Waals surface area contributed by atoms with Gasteiger partial charge >= 0.3 is 11.9 Å². The molecule has 0 aliphatic carbocycles. The Balaban J connectivity index is 0.000000293. The first-order valence-corrected chi connectivity index (χ1v) is 10.0. The molecule has 1 aromatic rings. The minimum atomic E-state index is -1.26. The van der Waals surface area contributed by atoms with Crippen LogP contribution in [0.15, 0.2) is 30.4 Å². The molecule has 10 nitrogen and oxygen atoms in total. The van der Waals surface area contributed by atoms with Crippen LogP contribution in [0.5, 0.6) is 5.75 Å². The van der Waals surface area contributed by atoms with Gasteiger partial charge in [-0.15, -0.1) is 0 Å². The maximum absolute atomic E-state index is 12.7. The van der Waals surface area contributed by atoms with Crippen molar-refractivity contribution in [3.8, 4) is 5.75 Å². The zero-order valence-electron chi connectivity index (χ0n) is 17.0. The molecule has 31 heavy (non-hydrogen) atoms. The standard InChI is InChI=1S/C17H21N3O3.C4H4O4/c1-10-16(21)18-13-4-2-3-12(15(13)23-10)17(22)19-14-9-20-7-5-11(14)6-8-20;5-3(6)1-2-4(7)8/h2-4,10-11,14H,5-9H2,1H3,(H,18,21)(H,19,22);1-2H,(H,5,6)(H,7,8). The van der Waals surface area contributed by atoms with Gasteiger partial charge in [-0.2, -0.15) is 0 Å². The lowest BCUT2D eigenvalue weighted by atomic mass is 9.84. The van der Waals surface area contributed by atoms with E-state index in [1.807, 2.05) is 0 Å². The summed E-state index contributed by atoms with van der Waals surface area (Å²) in [6, 6.07) is 5.48. The van der Waals surface area contributed by atoms with Crippen LogP contribution < -0.4 is 15.4 Å². The molecule has 4 aliphatic rings. The third kappa shape index (κ3) is 5.60. The molecule has 0 radical (unpaired) electrons. The topological polar surface area (TPSA) is 145 Å². The molecule has 0 saturated carbocycles. The monoisotopic (exact) mass is 431 g/mol. The van der Waals surface area contributed by atoms with Crippen molar-refractivity contribution in [3.05, 3.63) is 35.9 Å². The molecule has 2 unspecified atom stereocenters. The average molecular weight is 431 g/mol. The Hall–Kier alpha value is -3.40. The van der Waals surface area contributed by atoms with Gasteiger partial charge in [-0.1, -0.05) is 6.07 Å². The minimum absolute atomic E-state index is 0.121. The van der Waals surface area contributed by atoms with Gasteiger partial charge < -0.3 is 30.5 Å². The number of carboxylic acid groups (broad SMARTS) is 2. The number of piperidine rings is 3. The molecule has 2 amide bonds. The van der Waals surface area contributed by atoms with E-state index in [1.165, 1.54) is 0 Å². The van der Waals surface area contributed by atoms with E-state index in [9.17, 15) is 19.2 Å². The molecule has 3 fully saturated rings. The van der Waals surface area contributed by atoms with Crippen LogP contribution in [-0.4, -0.2) is 70.6 Å². The van der Waals surface area contributed by atoms with Crippen molar-refractivity contribution < 1.29 is 34.1 Å². The Morgan fingerprint density at radius 1 is 1.16 bits per heavy atom. The van der Waals surface area contributed by atoms with Crippen molar-refractivity contribution in [3.63, 3.8) is 0 Å². The van der Waals surface area contributed by atoms with E-state index >= 15 is 0 Å². The number of nitrogens with one attached hydrogen (secondary N) is 2. The zero-order valence-corrected chi connectivity index (χ0v) is 17.0. The van der Waals surface area contributed by atoms with Gasteiger partial charge in [-0.05, 0) is 50.9 Å². The normalized spacial score (nSPS) is 26.0. The van der Waals surface area contributed by atoms with Crippen molar-refractivity contribution >= 4 is 29.4 Å². The molecule has 166 valence electrons. The lowest BCUT2D eigenvalue weighted by Gasteiger charge is -2.45. The van der Waals surface area contributed by atoms with Crippen LogP contribution in [0.3, 0.4) is 0 Å². The Labute approximate surface area is 178 Å². The van der Waals surface area contributed by atoms with Gasteiger partial charge in [0.25, 0.3) is 11.8 Å². The van der Waals surface area contributed by atoms with Crippen molar-refractivity contribution in [2.75, 3.05) is 25.0 Å².